The van der Waals surface area contributed by atoms with Crippen molar-refractivity contribution in [2.75, 3.05) is 0 Å². The van der Waals surface area contributed by atoms with E-state index in [-0.39, 0.29) is 29.3 Å². The largest absolute Gasteiger partial charge is 0.453 e. The molecule has 0 atom stereocenters. The van der Waals surface area contributed by atoms with E-state index in [4.69, 9.17) is 4.42 Å². The van der Waals surface area contributed by atoms with Crippen LogP contribution in [0.3, 0.4) is 0 Å². The van der Waals surface area contributed by atoms with Crippen LogP contribution in [0, 0.1) is 17.5 Å². The first-order valence-corrected chi connectivity index (χ1v) is 5.31. The molecule has 2 aromatic rings. The number of halogens is 3. The Morgan fingerprint density at radius 1 is 1.22 bits per heavy atom. The molecule has 0 fully saturated rings. The molecule has 1 aromatic heterocycles. The molecule has 0 aliphatic rings. The Hall–Kier alpha value is -2.04. The van der Waals surface area contributed by atoms with E-state index in [9.17, 15) is 18.0 Å². The second-order valence-electron chi connectivity index (χ2n) is 3.69. The van der Waals surface area contributed by atoms with Crippen molar-refractivity contribution >= 4 is 5.78 Å². The SMILES string of the molecule is CCC(=O)c1ccc(-c2cc(F)cc(F)c2F)o1. The summed E-state index contributed by atoms with van der Waals surface area (Å²) in [7, 11) is 0. The predicted octanol–water partition coefficient (Wildman–Crippen LogP) is 3.96. The Morgan fingerprint density at radius 2 is 1.94 bits per heavy atom. The molecule has 0 aliphatic heterocycles. The fourth-order valence-corrected chi connectivity index (χ4v) is 1.54. The molecule has 0 amide bonds. The maximum atomic E-state index is 13.5. The number of hydrogen-bond donors (Lipinski definition) is 0. The van der Waals surface area contributed by atoms with Crippen LogP contribution in [0.4, 0.5) is 13.2 Å². The Labute approximate surface area is 101 Å². The maximum Gasteiger partial charge on any atom is 0.197 e. The molecule has 0 saturated heterocycles. The number of carbonyl (C=O) groups is 1. The standard InChI is InChI=1S/C13H9F3O2/c1-2-10(17)12-4-3-11(18-12)8-5-7(14)6-9(15)13(8)16/h3-6H,2H2,1H3. The lowest BCUT2D eigenvalue weighted by Gasteiger charge is -2.01. The smallest absolute Gasteiger partial charge is 0.197 e. The van der Waals surface area contributed by atoms with Crippen molar-refractivity contribution in [3.63, 3.8) is 0 Å². The summed E-state index contributed by atoms with van der Waals surface area (Å²) in [6.07, 6.45) is 0.229. The van der Waals surface area contributed by atoms with Gasteiger partial charge in [0.25, 0.3) is 0 Å². The Bertz CT molecular complexity index is 602. The molecular formula is C13H9F3O2. The zero-order valence-electron chi connectivity index (χ0n) is 9.47. The molecule has 18 heavy (non-hydrogen) atoms. The summed E-state index contributed by atoms with van der Waals surface area (Å²) < 4.78 is 44.6. The van der Waals surface area contributed by atoms with Crippen molar-refractivity contribution in [3.05, 3.63) is 47.5 Å². The van der Waals surface area contributed by atoms with Gasteiger partial charge in [0.15, 0.2) is 23.2 Å². The van der Waals surface area contributed by atoms with Crippen LogP contribution < -0.4 is 0 Å². The van der Waals surface area contributed by atoms with E-state index in [1.807, 2.05) is 0 Å². The van der Waals surface area contributed by atoms with Gasteiger partial charge >= 0.3 is 0 Å². The summed E-state index contributed by atoms with van der Waals surface area (Å²) in [5.41, 5.74) is -0.345. The zero-order valence-corrected chi connectivity index (χ0v) is 9.47. The maximum absolute atomic E-state index is 13.5. The Balaban J connectivity index is 2.49. The Kier molecular flexibility index (Phi) is 3.23. The van der Waals surface area contributed by atoms with Gasteiger partial charge in [0.05, 0.1) is 5.56 Å². The highest BCUT2D eigenvalue weighted by molar-refractivity contribution is 5.93. The molecule has 2 nitrogen and oxygen atoms in total. The predicted molar refractivity (Wildman–Crippen MR) is 58.6 cm³/mol. The van der Waals surface area contributed by atoms with Gasteiger partial charge in [0.2, 0.25) is 0 Å². The molecular weight excluding hydrogens is 245 g/mol. The second-order valence-corrected chi connectivity index (χ2v) is 3.69. The van der Waals surface area contributed by atoms with E-state index in [0.29, 0.717) is 6.07 Å². The summed E-state index contributed by atoms with van der Waals surface area (Å²) in [6, 6.07) is 3.92. The van der Waals surface area contributed by atoms with E-state index < -0.39 is 17.5 Å². The third-order valence-electron chi connectivity index (χ3n) is 2.46. The first-order valence-electron chi connectivity index (χ1n) is 5.31. The molecule has 2 rings (SSSR count). The van der Waals surface area contributed by atoms with Crippen molar-refractivity contribution in [1.29, 1.82) is 0 Å². The second kappa shape index (κ2) is 4.68. The average Bonchev–Trinajstić information content (AvgIpc) is 2.82. The third-order valence-corrected chi connectivity index (χ3v) is 2.46. The number of benzene rings is 1. The van der Waals surface area contributed by atoms with Crippen molar-refractivity contribution in [3.8, 4) is 11.3 Å². The number of carbonyl (C=O) groups excluding carboxylic acids is 1. The highest BCUT2D eigenvalue weighted by Gasteiger charge is 2.17. The highest BCUT2D eigenvalue weighted by atomic mass is 19.2. The van der Waals surface area contributed by atoms with Crippen molar-refractivity contribution in [2.24, 2.45) is 0 Å². The summed E-state index contributed by atoms with van der Waals surface area (Å²) >= 11 is 0. The van der Waals surface area contributed by atoms with Gasteiger partial charge in [-0.15, -0.1) is 0 Å². The summed E-state index contributed by atoms with van der Waals surface area (Å²) in [6.45, 7) is 1.65. The Morgan fingerprint density at radius 3 is 2.61 bits per heavy atom. The number of ketones is 1. The minimum absolute atomic E-state index is 0.0385. The van der Waals surface area contributed by atoms with Gasteiger partial charge in [-0.3, -0.25) is 4.79 Å². The van der Waals surface area contributed by atoms with Crippen LogP contribution in [0.2, 0.25) is 0 Å². The summed E-state index contributed by atoms with van der Waals surface area (Å²) in [4.78, 5) is 11.3. The van der Waals surface area contributed by atoms with Crippen molar-refractivity contribution in [2.45, 2.75) is 13.3 Å². The van der Waals surface area contributed by atoms with Gasteiger partial charge < -0.3 is 4.42 Å². The van der Waals surface area contributed by atoms with Gasteiger partial charge in [-0.2, -0.15) is 0 Å². The fraction of sp³-hybridized carbons (Fsp3) is 0.154. The molecule has 0 unspecified atom stereocenters. The monoisotopic (exact) mass is 254 g/mol. The number of hydrogen-bond acceptors (Lipinski definition) is 2. The van der Waals surface area contributed by atoms with Crippen LogP contribution in [0.1, 0.15) is 23.9 Å². The van der Waals surface area contributed by atoms with E-state index in [0.717, 1.165) is 6.07 Å². The molecule has 5 heteroatoms. The van der Waals surface area contributed by atoms with E-state index in [1.165, 1.54) is 12.1 Å². The molecule has 1 heterocycles. The lowest BCUT2D eigenvalue weighted by molar-refractivity contribution is 0.0962. The van der Waals surface area contributed by atoms with Gasteiger partial charge in [-0.25, -0.2) is 13.2 Å². The minimum atomic E-state index is -1.30. The minimum Gasteiger partial charge on any atom is -0.453 e. The number of Topliss-reactive ketones (excluding diaryl/α,β-unsaturated/α-hetero) is 1. The molecule has 0 bridgehead atoms. The lowest BCUT2D eigenvalue weighted by Crippen LogP contribution is -1.93. The van der Waals surface area contributed by atoms with Gasteiger partial charge in [0, 0.05) is 12.5 Å². The van der Waals surface area contributed by atoms with Gasteiger partial charge in [-0.05, 0) is 18.2 Å². The van der Waals surface area contributed by atoms with E-state index in [1.54, 1.807) is 6.92 Å². The first kappa shape index (κ1) is 12.4. The average molecular weight is 254 g/mol. The van der Waals surface area contributed by atoms with Crippen LogP contribution in [-0.2, 0) is 0 Å². The molecule has 0 aliphatic carbocycles. The first-order chi connectivity index (χ1) is 8.52. The van der Waals surface area contributed by atoms with Crippen molar-refractivity contribution < 1.29 is 22.4 Å². The fourth-order valence-electron chi connectivity index (χ4n) is 1.54. The number of rotatable bonds is 3. The van der Waals surface area contributed by atoms with Crippen LogP contribution >= 0.6 is 0 Å². The molecule has 1 aromatic carbocycles. The van der Waals surface area contributed by atoms with Gasteiger partial charge in [0.1, 0.15) is 11.6 Å². The quantitative estimate of drug-likeness (QED) is 0.613. The van der Waals surface area contributed by atoms with Crippen LogP contribution in [0.25, 0.3) is 11.3 Å². The molecule has 0 radical (unpaired) electrons. The lowest BCUT2D eigenvalue weighted by atomic mass is 10.1. The van der Waals surface area contributed by atoms with E-state index in [2.05, 4.69) is 0 Å². The highest BCUT2D eigenvalue weighted by Crippen LogP contribution is 2.27. The summed E-state index contributed by atoms with van der Waals surface area (Å²) in [5.74, 6) is -3.73. The number of furan rings is 1. The molecule has 0 saturated carbocycles. The van der Waals surface area contributed by atoms with Gasteiger partial charge in [-0.1, -0.05) is 6.92 Å². The third kappa shape index (κ3) is 2.16. The molecule has 0 spiro atoms. The van der Waals surface area contributed by atoms with Crippen molar-refractivity contribution in [1.82, 2.24) is 0 Å². The molecule has 94 valence electrons. The van der Waals surface area contributed by atoms with Crippen LogP contribution in [0.15, 0.2) is 28.7 Å². The molecule has 0 N–H and O–H groups in total. The summed E-state index contributed by atoms with van der Waals surface area (Å²) in [5, 5.41) is 0. The van der Waals surface area contributed by atoms with Crippen LogP contribution in [0.5, 0.6) is 0 Å². The zero-order chi connectivity index (χ0) is 13.3. The normalized spacial score (nSPS) is 10.7. The van der Waals surface area contributed by atoms with E-state index >= 15 is 0 Å². The van der Waals surface area contributed by atoms with Crippen LogP contribution in [-0.4, -0.2) is 5.78 Å². The topological polar surface area (TPSA) is 30.2 Å².